The van der Waals surface area contributed by atoms with E-state index in [9.17, 15) is 0 Å². The van der Waals surface area contributed by atoms with E-state index in [4.69, 9.17) is 16.3 Å². The van der Waals surface area contributed by atoms with Crippen molar-refractivity contribution in [3.8, 4) is 11.1 Å². The molecule has 120 valence electrons. The summed E-state index contributed by atoms with van der Waals surface area (Å²) in [7, 11) is 0. The van der Waals surface area contributed by atoms with E-state index < -0.39 is 0 Å². The molecule has 3 rings (SSSR count). The van der Waals surface area contributed by atoms with Crippen LogP contribution in [0, 0.1) is 0 Å². The minimum absolute atomic E-state index is 0.792. The van der Waals surface area contributed by atoms with Gasteiger partial charge in [0.05, 0.1) is 13.2 Å². The first kappa shape index (κ1) is 16.3. The van der Waals surface area contributed by atoms with Gasteiger partial charge in [0.1, 0.15) is 0 Å². The van der Waals surface area contributed by atoms with Gasteiger partial charge in [0.2, 0.25) is 0 Å². The highest BCUT2D eigenvalue weighted by atomic mass is 35.5. The number of allylic oxidation sites excluding steroid dienone is 1. The number of morpholine rings is 1. The second-order valence-electron chi connectivity index (χ2n) is 5.86. The third-order valence-corrected chi connectivity index (χ3v) is 4.61. The maximum Gasteiger partial charge on any atom is 0.0594 e. The molecule has 2 aromatic carbocycles. The van der Waals surface area contributed by atoms with Crippen LogP contribution in [0.15, 0.2) is 54.6 Å². The van der Waals surface area contributed by atoms with Gasteiger partial charge in [-0.3, -0.25) is 4.90 Å². The third kappa shape index (κ3) is 4.23. The van der Waals surface area contributed by atoms with Crippen LogP contribution in [0.4, 0.5) is 0 Å². The molecule has 0 atom stereocenters. The van der Waals surface area contributed by atoms with Gasteiger partial charge in [-0.15, -0.1) is 0 Å². The second kappa shape index (κ2) is 7.78. The fourth-order valence-electron chi connectivity index (χ4n) is 2.78. The highest BCUT2D eigenvalue weighted by Crippen LogP contribution is 2.28. The fourth-order valence-corrected chi connectivity index (χ4v) is 3.02. The van der Waals surface area contributed by atoms with E-state index in [1.54, 1.807) is 0 Å². The fraction of sp³-hybridized carbons (Fsp3) is 0.300. The molecule has 23 heavy (non-hydrogen) atoms. The second-order valence-corrected chi connectivity index (χ2v) is 6.26. The third-order valence-electron chi connectivity index (χ3n) is 4.28. The Morgan fingerprint density at radius 1 is 1.09 bits per heavy atom. The highest BCUT2D eigenvalue weighted by molar-refractivity contribution is 6.33. The van der Waals surface area contributed by atoms with Crippen LogP contribution in [-0.4, -0.2) is 37.7 Å². The van der Waals surface area contributed by atoms with Gasteiger partial charge < -0.3 is 4.74 Å². The Labute approximate surface area is 143 Å². The van der Waals surface area contributed by atoms with Crippen LogP contribution in [0.2, 0.25) is 5.02 Å². The van der Waals surface area contributed by atoms with E-state index in [-0.39, 0.29) is 0 Å². The molecule has 0 aromatic heterocycles. The molecule has 1 aliphatic rings. The summed E-state index contributed by atoms with van der Waals surface area (Å²) in [6, 6.07) is 16.6. The molecule has 0 aliphatic carbocycles. The van der Waals surface area contributed by atoms with Crippen molar-refractivity contribution in [2.75, 3.05) is 32.8 Å². The van der Waals surface area contributed by atoms with Crippen molar-refractivity contribution in [2.24, 2.45) is 0 Å². The number of hydrogen-bond donors (Lipinski definition) is 0. The van der Waals surface area contributed by atoms with Crippen molar-refractivity contribution < 1.29 is 4.74 Å². The van der Waals surface area contributed by atoms with Gasteiger partial charge in [0.15, 0.2) is 0 Å². The molecule has 0 bridgehead atoms. The number of halogens is 1. The zero-order valence-corrected chi connectivity index (χ0v) is 14.2. The standard InChI is InChI=1S/C20H22ClNO/c1-16(10-11-22-12-14-23-15-13-22)17-6-8-18(9-7-17)19-4-2-3-5-20(19)21/h2-10H,11-15H2,1H3. The highest BCUT2D eigenvalue weighted by Gasteiger charge is 2.08. The van der Waals surface area contributed by atoms with Gasteiger partial charge in [0, 0.05) is 30.2 Å². The van der Waals surface area contributed by atoms with Gasteiger partial charge in [-0.05, 0) is 29.7 Å². The monoisotopic (exact) mass is 327 g/mol. The quantitative estimate of drug-likeness (QED) is 0.804. The Kier molecular flexibility index (Phi) is 5.50. The first-order valence-corrected chi connectivity index (χ1v) is 8.44. The van der Waals surface area contributed by atoms with E-state index in [0.717, 1.165) is 49.0 Å². The summed E-state index contributed by atoms with van der Waals surface area (Å²) in [5.41, 5.74) is 4.80. The Hall–Kier alpha value is -1.61. The predicted octanol–water partition coefficient (Wildman–Crippen LogP) is 4.74. The van der Waals surface area contributed by atoms with E-state index in [0.29, 0.717) is 0 Å². The minimum Gasteiger partial charge on any atom is -0.379 e. The summed E-state index contributed by atoms with van der Waals surface area (Å²) in [6.45, 7) is 6.90. The van der Waals surface area contributed by atoms with Crippen LogP contribution < -0.4 is 0 Å². The molecule has 0 N–H and O–H groups in total. The average molecular weight is 328 g/mol. The van der Waals surface area contributed by atoms with Crippen LogP contribution in [0.25, 0.3) is 16.7 Å². The summed E-state index contributed by atoms with van der Waals surface area (Å²) >= 11 is 6.27. The van der Waals surface area contributed by atoms with E-state index in [2.05, 4.69) is 48.2 Å². The van der Waals surface area contributed by atoms with Crippen molar-refractivity contribution in [3.05, 3.63) is 65.2 Å². The smallest absolute Gasteiger partial charge is 0.0594 e. The van der Waals surface area contributed by atoms with E-state index in [1.807, 2.05) is 18.2 Å². The van der Waals surface area contributed by atoms with E-state index >= 15 is 0 Å². The largest absolute Gasteiger partial charge is 0.379 e. The zero-order valence-electron chi connectivity index (χ0n) is 13.5. The molecular weight excluding hydrogens is 306 g/mol. The van der Waals surface area contributed by atoms with Crippen LogP contribution in [0.3, 0.4) is 0 Å². The van der Waals surface area contributed by atoms with Crippen LogP contribution in [0.1, 0.15) is 12.5 Å². The Morgan fingerprint density at radius 2 is 1.78 bits per heavy atom. The lowest BCUT2D eigenvalue weighted by Crippen LogP contribution is -2.36. The first-order chi connectivity index (χ1) is 11.2. The summed E-state index contributed by atoms with van der Waals surface area (Å²) in [4.78, 5) is 2.42. The summed E-state index contributed by atoms with van der Waals surface area (Å²) in [5.74, 6) is 0. The lowest BCUT2D eigenvalue weighted by atomic mass is 10.0. The molecule has 1 aliphatic heterocycles. The van der Waals surface area contributed by atoms with Gasteiger partial charge >= 0.3 is 0 Å². The van der Waals surface area contributed by atoms with Crippen molar-refractivity contribution in [3.63, 3.8) is 0 Å². The van der Waals surface area contributed by atoms with E-state index in [1.165, 1.54) is 11.1 Å². The molecule has 0 spiro atoms. The molecule has 1 heterocycles. The van der Waals surface area contributed by atoms with Crippen molar-refractivity contribution in [2.45, 2.75) is 6.92 Å². The van der Waals surface area contributed by atoms with Crippen molar-refractivity contribution in [1.29, 1.82) is 0 Å². The van der Waals surface area contributed by atoms with Gasteiger partial charge in [0.25, 0.3) is 0 Å². The summed E-state index contributed by atoms with van der Waals surface area (Å²) in [5, 5.41) is 0.792. The Bertz CT molecular complexity index is 672. The minimum atomic E-state index is 0.792. The molecule has 0 amide bonds. The zero-order chi connectivity index (χ0) is 16.1. The average Bonchev–Trinajstić information content (AvgIpc) is 2.61. The van der Waals surface area contributed by atoms with Crippen LogP contribution in [0.5, 0.6) is 0 Å². The molecule has 2 aromatic rings. The lowest BCUT2D eigenvalue weighted by molar-refractivity contribution is 0.0435. The summed E-state index contributed by atoms with van der Waals surface area (Å²) in [6.07, 6.45) is 2.30. The topological polar surface area (TPSA) is 12.5 Å². The maximum absolute atomic E-state index is 6.27. The molecule has 1 fully saturated rings. The molecule has 2 nitrogen and oxygen atoms in total. The van der Waals surface area contributed by atoms with Gasteiger partial charge in [-0.25, -0.2) is 0 Å². The van der Waals surface area contributed by atoms with Crippen molar-refractivity contribution in [1.82, 2.24) is 4.90 Å². The summed E-state index contributed by atoms with van der Waals surface area (Å²) < 4.78 is 5.38. The van der Waals surface area contributed by atoms with Gasteiger partial charge in [-0.1, -0.05) is 60.1 Å². The Morgan fingerprint density at radius 3 is 2.48 bits per heavy atom. The van der Waals surface area contributed by atoms with Crippen molar-refractivity contribution >= 4 is 17.2 Å². The molecule has 0 saturated carbocycles. The predicted molar refractivity (Wildman–Crippen MR) is 97.8 cm³/mol. The SMILES string of the molecule is CC(=CCN1CCOCC1)c1ccc(-c2ccccc2Cl)cc1. The number of ether oxygens (including phenoxy) is 1. The number of benzene rings is 2. The molecular formula is C20H22ClNO. The molecule has 1 saturated heterocycles. The van der Waals surface area contributed by atoms with Crippen LogP contribution >= 0.6 is 11.6 Å². The first-order valence-electron chi connectivity index (χ1n) is 8.06. The maximum atomic E-state index is 6.27. The molecule has 3 heteroatoms. The molecule has 0 radical (unpaired) electrons. The van der Waals surface area contributed by atoms with Gasteiger partial charge in [-0.2, -0.15) is 0 Å². The Balaban J connectivity index is 1.70. The number of hydrogen-bond acceptors (Lipinski definition) is 2. The number of nitrogens with zero attached hydrogens (tertiary/aromatic N) is 1. The normalized spacial score (nSPS) is 16.5. The lowest BCUT2D eigenvalue weighted by Gasteiger charge is -2.25. The number of rotatable bonds is 4. The van der Waals surface area contributed by atoms with Crippen LogP contribution in [-0.2, 0) is 4.74 Å². The molecule has 0 unspecified atom stereocenters.